The average molecular weight is 212 g/mol. The Morgan fingerprint density at radius 1 is 1.13 bits per heavy atom. The highest BCUT2D eigenvalue weighted by atomic mass is 16.2. The fraction of sp³-hybridized carbons (Fsp3) is 1.00. The summed E-state index contributed by atoms with van der Waals surface area (Å²) in [7, 11) is 2.47. The topological polar surface area (TPSA) is 20.2 Å². The molecule has 1 N–H and O–H groups in total. The van der Waals surface area contributed by atoms with E-state index in [9.17, 15) is 0 Å². The van der Waals surface area contributed by atoms with Crippen molar-refractivity contribution in [1.82, 2.24) is 0 Å². The molecule has 3 atom stereocenters. The molecule has 0 aliphatic carbocycles. The van der Waals surface area contributed by atoms with E-state index < -0.39 is 0 Å². The van der Waals surface area contributed by atoms with Crippen molar-refractivity contribution in [3.63, 3.8) is 0 Å². The summed E-state index contributed by atoms with van der Waals surface area (Å²) in [4.78, 5) is 0. The molecule has 2 aliphatic rings. The molecule has 0 aromatic heterocycles. The van der Waals surface area contributed by atoms with Gasteiger partial charge < -0.3 is 9.59 Å². The molecule has 2 fully saturated rings. The second-order valence-corrected chi connectivity index (χ2v) is 5.76. The van der Waals surface area contributed by atoms with Crippen LogP contribution in [0.15, 0.2) is 0 Å². The van der Waals surface area contributed by atoms with E-state index in [0.717, 1.165) is 18.4 Å². The van der Waals surface area contributed by atoms with Gasteiger partial charge in [-0.05, 0) is 44.9 Å². The maximum absolute atomic E-state index is 8.95. The first-order valence-corrected chi connectivity index (χ1v) is 6.71. The lowest BCUT2D eigenvalue weighted by Crippen LogP contribution is -2.60. The van der Waals surface area contributed by atoms with Gasteiger partial charge in [0.15, 0.2) is 0 Å². The molecule has 0 radical (unpaired) electrons. The summed E-state index contributed by atoms with van der Waals surface area (Å²) >= 11 is 0. The molecule has 2 unspecified atom stereocenters. The Balaban J connectivity index is 1.99. The molecule has 0 aromatic rings. The minimum Gasteiger partial charge on any atom is -0.396 e. The molecule has 0 aromatic carbocycles. The third-order valence-corrected chi connectivity index (χ3v) is 4.74. The van der Waals surface area contributed by atoms with Crippen molar-refractivity contribution in [3.8, 4) is 0 Å². The molecular weight excluding hydrogens is 186 g/mol. The summed E-state index contributed by atoms with van der Waals surface area (Å²) in [6.07, 6.45) is 9.40. The molecule has 0 spiro atoms. The van der Waals surface area contributed by atoms with Crippen LogP contribution in [0.3, 0.4) is 0 Å². The highest BCUT2D eigenvalue weighted by Crippen LogP contribution is 2.37. The zero-order valence-electron chi connectivity index (χ0n) is 10.1. The highest BCUT2D eigenvalue weighted by molar-refractivity contribution is 4.78. The molecule has 0 amide bonds. The Morgan fingerprint density at radius 2 is 1.93 bits per heavy atom. The van der Waals surface area contributed by atoms with Crippen LogP contribution in [-0.4, -0.2) is 42.4 Å². The lowest BCUT2D eigenvalue weighted by molar-refractivity contribution is -0.947. The number of fused-ring (bicyclic) bond motifs is 1. The summed E-state index contributed by atoms with van der Waals surface area (Å²) in [5.74, 6) is 0.899. The number of hydrogen-bond donors (Lipinski definition) is 1. The number of piperidine rings is 2. The average Bonchev–Trinajstić information content (AvgIpc) is 2.25. The van der Waals surface area contributed by atoms with Crippen molar-refractivity contribution in [3.05, 3.63) is 0 Å². The van der Waals surface area contributed by atoms with Crippen LogP contribution in [-0.2, 0) is 0 Å². The predicted molar refractivity (Wildman–Crippen MR) is 62.6 cm³/mol. The molecule has 0 saturated carbocycles. The number of nitrogens with zero attached hydrogens (tertiary/aromatic N) is 1. The lowest BCUT2D eigenvalue weighted by atomic mass is 9.79. The van der Waals surface area contributed by atoms with Gasteiger partial charge in [0.25, 0.3) is 0 Å². The first kappa shape index (κ1) is 11.4. The van der Waals surface area contributed by atoms with Crippen molar-refractivity contribution < 1.29 is 9.59 Å². The van der Waals surface area contributed by atoms with Gasteiger partial charge in [-0.15, -0.1) is 0 Å². The van der Waals surface area contributed by atoms with Gasteiger partial charge in [0, 0.05) is 12.5 Å². The summed E-state index contributed by atoms with van der Waals surface area (Å²) in [5, 5.41) is 8.95. The van der Waals surface area contributed by atoms with E-state index in [2.05, 4.69) is 7.05 Å². The molecule has 15 heavy (non-hydrogen) atoms. The number of aliphatic hydroxyl groups excluding tert-OH is 1. The van der Waals surface area contributed by atoms with E-state index in [1.165, 1.54) is 56.1 Å². The number of quaternary nitrogens is 1. The number of aliphatic hydroxyl groups is 1. The molecule has 2 rings (SSSR count). The standard InChI is InChI=1S/C13H26NO/c1-14-9-3-2-8-13(14)12(6-4-10-14)7-5-11-15/h12-13,15H,2-11H2,1H3/q+1/t12-,13?,14?/m1/s1. The molecule has 2 heterocycles. The van der Waals surface area contributed by atoms with Crippen molar-refractivity contribution in [2.45, 2.75) is 51.0 Å². The normalized spacial score (nSPS) is 41.2. The molecule has 2 nitrogen and oxygen atoms in total. The van der Waals surface area contributed by atoms with Crippen LogP contribution in [0.4, 0.5) is 0 Å². The summed E-state index contributed by atoms with van der Waals surface area (Å²) < 4.78 is 1.34. The second-order valence-electron chi connectivity index (χ2n) is 5.76. The lowest BCUT2D eigenvalue weighted by Gasteiger charge is -2.51. The first-order valence-electron chi connectivity index (χ1n) is 6.71. The van der Waals surface area contributed by atoms with Crippen LogP contribution in [0.5, 0.6) is 0 Å². The van der Waals surface area contributed by atoms with Gasteiger partial charge in [-0.25, -0.2) is 0 Å². The molecule has 88 valence electrons. The van der Waals surface area contributed by atoms with Crippen molar-refractivity contribution in [2.24, 2.45) is 5.92 Å². The molecule has 2 aliphatic heterocycles. The largest absolute Gasteiger partial charge is 0.396 e. The quantitative estimate of drug-likeness (QED) is 0.711. The van der Waals surface area contributed by atoms with Gasteiger partial charge in [-0.2, -0.15) is 0 Å². The fourth-order valence-electron chi connectivity index (χ4n) is 3.92. The minimum absolute atomic E-state index is 0.382. The minimum atomic E-state index is 0.382. The van der Waals surface area contributed by atoms with E-state index >= 15 is 0 Å². The summed E-state index contributed by atoms with van der Waals surface area (Å²) in [6.45, 7) is 3.19. The third kappa shape index (κ3) is 2.36. The molecular formula is C13H26NO+. The molecule has 2 saturated heterocycles. The smallest absolute Gasteiger partial charge is 0.0916 e. The monoisotopic (exact) mass is 212 g/mol. The predicted octanol–water partition coefficient (Wildman–Crippen LogP) is 2.17. The van der Waals surface area contributed by atoms with Gasteiger partial charge in [0.05, 0.1) is 26.2 Å². The van der Waals surface area contributed by atoms with Crippen LogP contribution in [0.2, 0.25) is 0 Å². The van der Waals surface area contributed by atoms with E-state index in [4.69, 9.17) is 5.11 Å². The number of rotatable bonds is 3. The molecule has 0 bridgehead atoms. The summed E-state index contributed by atoms with van der Waals surface area (Å²) in [5.41, 5.74) is 0. The Morgan fingerprint density at radius 3 is 2.73 bits per heavy atom. The maximum Gasteiger partial charge on any atom is 0.0916 e. The van der Waals surface area contributed by atoms with Crippen LogP contribution in [0, 0.1) is 5.92 Å². The van der Waals surface area contributed by atoms with Crippen LogP contribution in [0.1, 0.15) is 44.9 Å². The van der Waals surface area contributed by atoms with E-state index in [-0.39, 0.29) is 0 Å². The highest BCUT2D eigenvalue weighted by Gasteiger charge is 2.42. The zero-order valence-corrected chi connectivity index (χ0v) is 10.1. The van der Waals surface area contributed by atoms with E-state index in [0.29, 0.717) is 6.61 Å². The van der Waals surface area contributed by atoms with Crippen molar-refractivity contribution >= 4 is 0 Å². The third-order valence-electron chi connectivity index (χ3n) is 4.74. The second kappa shape index (κ2) is 4.84. The van der Waals surface area contributed by atoms with Crippen LogP contribution < -0.4 is 0 Å². The fourth-order valence-corrected chi connectivity index (χ4v) is 3.92. The summed E-state index contributed by atoms with van der Waals surface area (Å²) in [6, 6.07) is 0.916. The van der Waals surface area contributed by atoms with Crippen LogP contribution in [0.25, 0.3) is 0 Å². The van der Waals surface area contributed by atoms with Gasteiger partial charge in [-0.3, -0.25) is 0 Å². The Labute approximate surface area is 93.9 Å². The van der Waals surface area contributed by atoms with Crippen LogP contribution >= 0.6 is 0 Å². The Kier molecular flexibility index (Phi) is 3.68. The van der Waals surface area contributed by atoms with E-state index in [1.807, 2.05) is 0 Å². The Bertz CT molecular complexity index is 203. The van der Waals surface area contributed by atoms with Gasteiger partial charge in [0.2, 0.25) is 0 Å². The molecule has 2 heteroatoms. The van der Waals surface area contributed by atoms with E-state index in [1.54, 1.807) is 0 Å². The van der Waals surface area contributed by atoms with Gasteiger partial charge >= 0.3 is 0 Å². The van der Waals surface area contributed by atoms with Gasteiger partial charge in [-0.1, -0.05) is 0 Å². The first-order chi connectivity index (χ1) is 7.26. The number of hydrogen-bond acceptors (Lipinski definition) is 1. The SMILES string of the molecule is C[N+]12CCCCC1[C@@H](CCCO)CCC2. The maximum atomic E-state index is 8.95. The van der Waals surface area contributed by atoms with Gasteiger partial charge in [0.1, 0.15) is 0 Å². The zero-order chi connectivity index (χ0) is 10.7. The van der Waals surface area contributed by atoms with Crippen molar-refractivity contribution in [1.29, 1.82) is 0 Å². The van der Waals surface area contributed by atoms with Crippen molar-refractivity contribution in [2.75, 3.05) is 26.7 Å². The Hall–Kier alpha value is -0.0800.